The lowest BCUT2D eigenvalue weighted by molar-refractivity contribution is 0.540. The van der Waals surface area contributed by atoms with E-state index in [0.717, 1.165) is 6.42 Å². The molecule has 2 aromatic heterocycles. The summed E-state index contributed by atoms with van der Waals surface area (Å²) in [5.41, 5.74) is -0.409. The van der Waals surface area contributed by atoms with E-state index < -0.39 is 0 Å². The molecule has 0 fully saturated rings. The van der Waals surface area contributed by atoms with Crippen LogP contribution in [0.1, 0.15) is 6.42 Å². The van der Waals surface area contributed by atoms with Gasteiger partial charge in [0.15, 0.2) is 9.54 Å². The van der Waals surface area contributed by atoms with E-state index in [1.807, 2.05) is 0 Å². The Hall–Kier alpha value is -1.80. The molecular weight excluding hydrogens is 284 g/mol. The molecule has 0 aliphatic carbocycles. The van der Waals surface area contributed by atoms with E-state index in [1.165, 1.54) is 12.1 Å². The van der Waals surface area contributed by atoms with Crippen molar-refractivity contribution in [3.8, 4) is 0 Å². The minimum atomic E-state index is -0.205. The summed E-state index contributed by atoms with van der Waals surface area (Å²) in [7, 11) is 0. The first-order valence-electron chi connectivity index (χ1n) is 5.66. The maximum Gasteiger partial charge on any atom is 0.251 e. The molecule has 2 N–H and O–H groups in total. The number of aryl methyl sites for hydroxylation is 2. The van der Waals surface area contributed by atoms with Crippen LogP contribution in [0.2, 0.25) is 0 Å². The zero-order valence-corrected chi connectivity index (χ0v) is 11.6. The fraction of sp³-hybridized carbons (Fsp3) is 0.273. The topological polar surface area (TPSA) is 75.6 Å². The summed E-state index contributed by atoms with van der Waals surface area (Å²) in [5, 5.41) is 0. The highest BCUT2D eigenvalue weighted by Crippen LogP contribution is 1.96. The summed E-state index contributed by atoms with van der Waals surface area (Å²) in [5.74, 6) is 0. The lowest BCUT2D eigenvalue weighted by Gasteiger charge is -2.08. The molecule has 100 valence electrons. The van der Waals surface area contributed by atoms with Gasteiger partial charge in [0.2, 0.25) is 0 Å². The Labute approximate surface area is 118 Å². The smallest absolute Gasteiger partial charge is 0.251 e. The Morgan fingerprint density at radius 1 is 0.895 bits per heavy atom. The number of aromatic amines is 2. The minimum Gasteiger partial charge on any atom is -0.325 e. The van der Waals surface area contributed by atoms with Crippen molar-refractivity contribution in [2.24, 2.45) is 0 Å². The number of nitrogens with one attached hydrogen (secondary N) is 2. The van der Waals surface area contributed by atoms with Crippen molar-refractivity contribution in [1.29, 1.82) is 0 Å². The van der Waals surface area contributed by atoms with Gasteiger partial charge in [-0.3, -0.25) is 19.6 Å². The zero-order valence-electron chi connectivity index (χ0n) is 9.96. The maximum absolute atomic E-state index is 11.0. The molecule has 6 nitrogen and oxygen atoms in total. The summed E-state index contributed by atoms with van der Waals surface area (Å²) in [4.78, 5) is 27.2. The first-order valence-corrected chi connectivity index (χ1v) is 6.47. The molecule has 0 unspecified atom stereocenters. The van der Waals surface area contributed by atoms with Crippen LogP contribution in [0.15, 0.2) is 34.1 Å². The van der Waals surface area contributed by atoms with E-state index in [1.54, 1.807) is 21.5 Å². The Morgan fingerprint density at radius 3 is 1.68 bits per heavy atom. The van der Waals surface area contributed by atoms with Crippen LogP contribution in [0, 0.1) is 9.54 Å². The van der Waals surface area contributed by atoms with Gasteiger partial charge in [0.1, 0.15) is 0 Å². The highest BCUT2D eigenvalue weighted by molar-refractivity contribution is 7.71. The summed E-state index contributed by atoms with van der Waals surface area (Å²) >= 11 is 10.1. The molecule has 0 aromatic carbocycles. The van der Waals surface area contributed by atoms with Crippen molar-refractivity contribution in [1.82, 2.24) is 19.1 Å². The molecule has 19 heavy (non-hydrogen) atoms. The fourth-order valence-electron chi connectivity index (χ4n) is 1.65. The minimum absolute atomic E-state index is 0.205. The second kappa shape index (κ2) is 5.89. The monoisotopic (exact) mass is 296 g/mol. The maximum atomic E-state index is 11.0. The van der Waals surface area contributed by atoms with Crippen molar-refractivity contribution in [3.63, 3.8) is 0 Å². The average Bonchev–Trinajstić information content (AvgIpc) is 2.34. The van der Waals surface area contributed by atoms with Crippen LogP contribution in [0.3, 0.4) is 0 Å². The lowest BCUT2D eigenvalue weighted by Crippen LogP contribution is -2.14. The van der Waals surface area contributed by atoms with Crippen LogP contribution in [-0.2, 0) is 13.1 Å². The molecule has 0 aliphatic heterocycles. The first-order chi connectivity index (χ1) is 9.06. The number of H-pyrrole nitrogens is 2. The molecular formula is C11H12N4O2S2. The highest BCUT2D eigenvalue weighted by Gasteiger charge is 1.96. The molecule has 8 heteroatoms. The second-order valence-corrected chi connectivity index (χ2v) is 4.73. The van der Waals surface area contributed by atoms with Gasteiger partial charge < -0.3 is 9.13 Å². The Kier molecular flexibility index (Phi) is 4.23. The van der Waals surface area contributed by atoms with Gasteiger partial charge in [-0.25, -0.2) is 0 Å². The molecule has 0 spiro atoms. The van der Waals surface area contributed by atoms with E-state index in [9.17, 15) is 9.59 Å². The summed E-state index contributed by atoms with van der Waals surface area (Å²) in [6.45, 7) is 1.33. The number of hydrogen-bond acceptors (Lipinski definition) is 4. The normalized spacial score (nSPS) is 10.5. The van der Waals surface area contributed by atoms with Gasteiger partial charge in [0.25, 0.3) is 11.1 Å². The van der Waals surface area contributed by atoms with Gasteiger partial charge in [-0.15, -0.1) is 0 Å². The van der Waals surface area contributed by atoms with E-state index in [2.05, 4.69) is 9.97 Å². The van der Waals surface area contributed by atoms with Gasteiger partial charge in [-0.1, -0.05) is 0 Å². The predicted octanol–water partition coefficient (Wildman–Crippen LogP) is 1.22. The Bertz CT molecular complexity index is 732. The summed E-state index contributed by atoms with van der Waals surface area (Å²) in [6, 6.07) is 2.86. The molecule has 0 amide bonds. The average molecular weight is 296 g/mol. The fourth-order valence-corrected chi connectivity index (χ4v) is 2.16. The molecule has 0 bridgehead atoms. The van der Waals surface area contributed by atoms with E-state index in [-0.39, 0.29) is 11.1 Å². The third-order valence-electron chi connectivity index (χ3n) is 2.59. The number of nitrogens with zero attached hydrogens (tertiary/aromatic N) is 2. The van der Waals surface area contributed by atoms with Gasteiger partial charge in [0.05, 0.1) is 0 Å². The largest absolute Gasteiger partial charge is 0.325 e. The predicted molar refractivity (Wildman–Crippen MR) is 76.4 cm³/mol. The molecule has 0 aliphatic rings. The molecule has 0 saturated carbocycles. The van der Waals surface area contributed by atoms with Crippen LogP contribution in [0.5, 0.6) is 0 Å². The molecule has 2 heterocycles. The van der Waals surface area contributed by atoms with Crippen LogP contribution < -0.4 is 11.1 Å². The van der Waals surface area contributed by atoms with Gasteiger partial charge in [0, 0.05) is 37.6 Å². The number of rotatable bonds is 4. The highest BCUT2D eigenvalue weighted by atomic mass is 32.1. The van der Waals surface area contributed by atoms with Crippen molar-refractivity contribution in [2.75, 3.05) is 0 Å². The van der Waals surface area contributed by atoms with Crippen molar-refractivity contribution < 1.29 is 0 Å². The Morgan fingerprint density at radius 2 is 1.32 bits per heavy atom. The van der Waals surface area contributed by atoms with E-state index in [0.29, 0.717) is 22.6 Å². The number of hydrogen-bond donors (Lipinski definition) is 2. The Balaban J connectivity index is 2.04. The zero-order chi connectivity index (χ0) is 13.8. The van der Waals surface area contributed by atoms with Gasteiger partial charge in [-0.2, -0.15) is 0 Å². The first kappa shape index (κ1) is 13.6. The van der Waals surface area contributed by atoms with Crippen LogP contribution >= 0.6 is 24.4 Å². The molecule has 0 radical (unpaired) electrons. The van der Waals surface area contributed by atoms with Crippen LogP contribution in [-0.4, -0.2) is 19.1 Å². The molecule has 2 rings (SSSR count). The van der Waals surface area contributed by atoms with Crippen LogP contribution in [0.25, 0.3) is 0 Å². The quantitative estimate of drug-likeness (QED) is 0.832. The van der Waals surface area contributed by atoms with Gasteiger partial charge >= 0.3 is 0 Å². The van der Waals surface area contributed by atoms with Crippen molar-refractivity contribution in [2.45, 2.75) is 19.5 Å². The standard InChI is InChI=1S/C11H12N4O2S2/c16-8-2-6-14(10(18)12-8)4-1-5-15-7-3-9(17)13-11(15)19/h2-3,6-7H,1,4-5H2,(H,12,16,18)(H,13,17,19). The summed E-state index contributed by atoms with van der Waals surface area (Å²) in [6.07, 6.45) is 4.10. The van der Waals surface area contributed by atoms with E-state index in [4.69, 9.17) is 24.4 Å². The molecule has 0 atom stereocenters. The van der Waals surface area contributed by atoms with Crippen molar-refractivity contribution >= 4 is 24.4 Å². The van der Waals surface area contributed by atoms with Crippen molar-refractivity contribution in [3.05, 3.63) is 54.8 Å². The van der Waals surface area contributed by atoms with Crippen LogP contribution in [0.4, 0.5) is 0 Å². The number of aromatic nitrogens is 4. The third-order valence-corrected chi connectivity index (χ3v) is 3.26. The molecule has 2 aromatic rings. The summed E-state index contributed by atoms with van der Waals surface area (Å²) < 4.78 is 4.37. The van der Waals surface area contributed by atoms with Gasteiger partial charge in [-0.05, 0) is 30.9 Å². The lowest BCUT2D eigenvalue weighted by atomic mass is 10.4. The second-order valence-electron chi connectivity index (χ2n) is 3.96. The molecule has 0 saturated heterocycles. The SMILES string of the molecule is O=c1ccn(CCCn2ccc(=O)[nH]c2=S)c(=S)[nH]1. The van der Waals surface area contributed by atoms with E-state index >= 15 is 0 Å². The third kappa shape index (κ3) is 3.58.